The molecule has 0 aromatic heterocycles. The van der Waals surface area contributed by atoms with Crippen molar-refractivity contribution in [2.45, 2.75) is 52.0 Å². The quantitative estimate of drug-likeness (QED) is 0.727. The molecule has 0 aliphatic heterocycles. The molecule has 0 aliphatic rings. The van der Waals surface area contributed by atoms with Gasteiger partial charge in [-0.25, -0.2) is 4.79 Å². The van der Waals surface area contributed by atoms with E-state index in [4.69, 9.17) is 5.11 Å². The number of unbranched alkanes of at least 4 members (excludes halogenated alkanes) is 1. The molecular weight excluding hydrogens is 226 g/mol. The minimum atomic E-state index is -0.876. The van der Waals surface area contributed by atoms with Crippen LogP contribution in [0.2, 0.25) is 0 Å². The fraction of sp³-hybridized carbons (Fsp3) is 0.533. The van der Waals surface area contributed by atoms with Gasteiger partial charge in [-0.1, -0.05) is 39.2 Å². The third-order valence-electron chi connectivity index (χ3n) is 3.02. The van der Waals surface area contributed by atoms with Gasteiger partial charge in [-0.2, -0.15) is 0 Å². The molecule has 1 aromatic carbocycles. The predicted octanol–water partition coefficient (Wildman–Crippen LogP) is 4.16. The van der Waals surface area contributed by atoms with E-state index in [1.165, 1.54) is 12.8 Å². The Kier molecular flexibility index (Phi) is 6.26. The Labute approximate surface area is 109 Å². The first-order valence-electron chi connectivity index (χ1n) is 6.77. The molecular formula is C15H23NO2. The second-order valence-corrected chi connectivity index (χ2v) is 4.66. The number of carboxylic acid groups (broad SMARTS) is 1. The van der Waals surface area contributed by atoms with Gasteiger partial charge in [0.25, 0.3) is 0 Å². The second kappa shape index (κ2) is 7.75. The molecule has 0 radical (unpaired) electrons. The van der Waals surface area contributed by atoms with Crippen LogP contribution in [0, 0.1) is 0 Å². The molecule has 0 spiro atoms. The van der Waals surface area contributed by atoms with Crippen molar-refractivity contribution < 1.29 is 9.90 Å². The molecule has 0 amide bonds. The minimum Gasteiger partial charge on any atom is -0.478 e. The van der Waals surface area contributed by atoms with Crippen LogP contribution >= 0.6 is 0 Å². The van der Waals surface area contributed by atoms with Gasteiger partial charge in [0.15, 0.2) is 0 Å². The largest absolute Gasteiger partial charge is 0.478 e. The number of nitrogens with one attached hydrogen (secondary N) is 1. The van der Waals surface area contributed by atoms with Crippen LogP contribution in [0.15, 0.2) is 24.3 Å². The molecule has 3 heteroatoms. The van der Waals surface area contributed by atoms with Crippen LogP contribution in [-0.2, 0) is 0 Å². The van der Waals surface area contributed by atoms with Crippen molar-refractivity contribution in [2.24, 2.45) is 0 Å². The molecule has 100 valence electrons. The highest BCUT2D eigenvalue weighted by Crippen LogP contribution is 2.16. The van der Waals surface area contributed by atoms with E-state index < -0.39 is 5.97 Å². The van der Waals surface area contributed by atoms with Crippen molar-refractivity contribution >= 4 is 11.7 Å². The van der Waals surface area contributed by atoms with Crippen molar-refractivity contribution in [1.82, 2.24) is 0 Å². The Hall–Kier alpha value is -1.51. The monoisotopic (exact) mass is 249 g/mol. The molecule has 0 fully saturated rings. The zero-order chi connectivity index (χ0) is 13.4. The topological polar surface area (TPSA) is 49.3 Å². The summed E-state index contributed by atoms with van der Waals surface area (Å²) in [7, 11) is 0. The van der Waals surface area contributed by atoms with Crippen molar-refractivity contribution in [1.29, 1.82) is 0 Å². The third-order valence-corrected chi connectivity index (χ3v) is 3.02. The normalized spacial score (nSPS) is 12.1. The molecule has 2 N–H and O–H groups in total. The van der Waals surface area contributed by atoms with Gasteiger partial charge in [-0.15, -0.1) is 0 Å². The Balaban J connectivity index is 2.67. The molecule has 3 nitrogen and oxygen atoms in total. The van der Waals surface area contributed by atoms with Gasteiger partial charge < -0.3 is 10.4 Å². The minimum absolute atomic E-state index is 0.339. The average molecular weight is 249 g/mol. The molecule has 0 heterocycles. The highest BCUT2D eigenvalue weighted by atomic mass is 16.4. The van der Waals surface area contributed by atoms with Crippen LogP contribution < -0.4 is 5.32 Å². The van der Waals surface area contributed by atoms with Crippen molar-refractivity contribution in [3.8, 4) is 0 Å². The molecule has 0 aliphatic carbocycles. The molecule has 0 bridgehead atoms. The molecule has 1 aromatic rings. The van der Waals surface area contributed by atoms with Crippen LogP contribution in [0.4, 0.5) is 5.69 Å². The summed E-state index contributed by atoms with van der Waals surface area (Å²) in [4.78, 5) is 10.9. The lowest BCUT2D eigenvalue weighted by molar-refractivity contribution is 0.0697. The van der Waals surface area contributed by atoms with E-state index >= 15 is 0 Å². The first-order chi connectivity index (χ1) is 8.67. The van der Waals surface area contributed by atoms with Gasteiger partial charge in [-0.3, -0.25) is 0 Å². The summed E-state index contributed by atoms with van der Waals surface area (Å²) in [6, 6.07) is 7.49. The van der Waals surface area contributed by atoms with Crippen LogP contribution in [0.5, 0.6) is 0 Å². The molecule has 0 saturated heterocycles. The van der Waals surface area contributed by atoms with Crippen molar-refractivity contribution in [3.05, 3.63) is 29.8 Å². The summed E-state index contributed by atoms with van der Waals surface area (Å²) in [5.41, 5.74) is 1.25. The third kappa shape index (κ3) is 4.78. The zero-order valence-corrected chi connectivity index (χ0v) is 11.3. The zero-order valence-electron chi connectivity index (χ0n) is 11.3. The standard InChI is InChI=1S/C15H23NO2/c1-3-5-9-13(7-4-2)16-14-10-6-8-12(11-14)15(17)18/h6,8,10-11,13,16H,3-5,7,9H2,1-2H3,(H,17,18). The van der Waals surface area contributed by atoms with Crippen LogP contribution in [0.3, 0.4) is 0 Å². The Morgan fingerprint density at radius 1 is 1.28 bits per heavy atom. The van der Waals surface area contributed by atoms with Gasteiger partial charge in [-0.05, 0) is 31.0 Å². The number of carboxylic acids is 1. The number of carbonyl (C=O) groups is 1. The number of benzene rings is 1. The lowest BCUT2D eigenvalue weighted by Gasteiger charge is -2.19. The van der Waals surface area contributed by atoms with E-state index in [0.29, 0.717) is 11.6 Å². The Bertz CT molecular complexity index is 377. The molecule has 1 rings (SSSR count). The van der Waals surface area contributed by atoms with Gasteiger partial charge in [0.2, 0.25) is 0 Å². The van der Waals surface area contributed by atoms with E-state index in [9.17, 15) is 4.79 Å². The maximum Gasteiger partial charge on any atom is 0.335 e. The smallest absolute Gasteiger partial charge is 0.335 e. The van der Waals surface area contributed by atoms with Crippen molar-refractivity contribution in [2.75, 3.05) is 5.32 Å². The molecule has 1 atom stereocenters. The van der Waals surface area contributed by atoms with Crippen LogP contribution in [-0.4, -0.2) is 17.1 Å². The fourth-order valence-corrected chi connectivity index (χ4v) is 2.07. The highest BCUT2D eigenvalue weighted by Gasteiger charge is 2.08. The van der Waals surface area contributed by atoms with Gasteiger partial charge >= 0.3 is 5.97 Å². The van der Waals surface area contributed by atoms with Crippen LogP contribution in [0.1, 0.15) is 56.3 Å². The van der Waals surface area contributed by atoms with Gasteiger partial charge in [0.1, 0.15) is 0 Å². The fourth-order valence-electron chi connectivity index (χ4n) is 2.07. The summed E-state index contributed by atoms with van der Waals surface area (Å²) >= 11 is 0. The number of anilines is 1. The van der Waals surface area contributed by atoms with E-state index in [2.05, 4.69) is 19.2 Å². The number of hydrogen-bond donors (Lipinski definition) is 2. The molecule has 0 saturated carbocycles. The SMILES string of the molecule is CCCCC(CCC)Nc1cccc(C(=O)O)c1. The summed E-state index contributed by atoms with van der Waals surface area (Å²) < 4.78 is 0. The van der Waals surface area contributed by atoms with Crippen LogP contribution in [0.25, 0.3) is 0 Å². The van der Waals surface area contributed by atoms with E-state index in [1.807, 2.05) is 6.07 Å². The van der Waals surface area contributed by atoms with E-state index in [0.717, 1.165) is 24.9 Å². The second-order valence-electron chi connectivity index (χ2n) is 4.66. The first-order valence-corrected chi connectivity index (χ1v) is 6.77. The highest BCUT2D eigenvalue weighted by molar-refractivity contribution is 5.88. The van der Waals surface area contributed by atoms with E-state index in [1.54, 1.807) is 18.2 Å². The average Bonchev–Trinajstić information content (AvgIpc) is 2.36. The van der Waals surface area contributed by atoms with Gasteiger partial charge in [0, 0.05) is 11.7 Å². The predicted molar refractivity (Wildman–Crippen MR) is 75.2 cm³/mol. The summed E-state index contributed by atoms with van der Waals surface area (Å²) in [6.45, 7) is 4.36. The molecule has 18 heavy (non-hydrogen) atoms. The maximum absolute atomic E-state index is 10.9. The number of hydrogen-bond acceptors (Lipinski definition) is 2. The van der Waals surface area contributed by atoms with E-state index in [-0.39, 0.29) is 0 Å². The first kappa shape index (κ1) is 14.6. The summed E-state index contributed by atoms with van der Waals surface area (Å²) in [5, 5.41) is 12.4. The Morgan fingerprint density at radius 2 is 2.06 bits per heavy atom. The lowest BCUT2D eigenvalue weighted by Crippen LogP contribution is -2.19. The Morgan fingerprint density at radius 3 is 2.67 bits per heavy atom. The number of aromatic carboxylic acids is 1. The number of rotatable bonds is 8. The van der Waals surface area contributed by atoms with Crippen molar-refractivity contribution in [3.63, 3.8) is 0 Å². The summed E-state index contributed by atoms with van der Waals surface area (Å²) in [5.74, 6) is -0.876. The lowest BCUT2D eigenvalue weighted by atomic mass is 10.0. The maximum atomic E-state index is 10.9. The molecule has 1 unspecified atom stereocenters. The summed E-state index contributed by atoms with van der Waals surface area (Å²) in [6.07, 6.45) is 5.80. The van der Waals surface area contributed by atoms with Gasteiger partial charge in [0.05, 0.1) is 5.56 Å².